The number of hydrogen-bond acceptors (Lipinski definition) is 4. The fourth-order valence-corrected chi connectivity index (χ4v) is 3.20. The second-order valence-electron chi connectivity index (χ2n) is 5.86. The van der Waals surface area contributed by atoms with E-state index in [1.54, 1.807) is 4.90 Å². The van der Waals surface area contributed by atoms with E-state index in [-0.39, 0.29) is 11.7 Å². The summed E-state index contributed by atoms with van der Waals surface area (Å²) in [5.74, 6) is 0. The minimum absolute atomic E-state index is 0.184. The third kappa shape index (κ3) is 2.77. The molecular formula is C15H21N3O2. The molecule has 1 amide bonds. The topological polar surface area (TPSA) is 45.7 Å². The van der Waals surface area contributed by atoms with Crippen molar-refractivity contribution in [1.82, 2.24) is 14.8 Å². The number of rotatable bonds is 3. The number of carbonyl (C=O) groups excluding carboxylic acids is 1. The van der Waals surface area contributed by atoms with Gasteiger partial charge in [0, 0.05) is 38.4 Å². The minimum atomic E-state index is -0.284. The van der Waals surface area contributed by atoms with Gasteiger partial charge in [0.2, 0.25) is 0 Å². The Bertz CT molecular complexity index is 479. The number of carbonyl (C=O) groups is 1. The van der Waals surface area contributed by atoms with E-state index in [2.05, 4.69) is 16.0 Å². The van der Waals surface area contributed by atoms with Gasteiger partial charge in [-0.15, -0.1) is 0 Å². The lowest BCUT2D eigenvalue weighted by Gasteiger charge is -2.38. The van der Waals surface area contributed by atoms with E-state index in [1.165, 1.54) is 0 Å². The fourth-order valence-electron chi connectivity index (χ4n) is 3.20. The summed E-state index contributed by atoms with van der Waals surface area (Å²) < 4.78 is 5.61. The summed E-state index contributed by atoms with van der Waals surface area (Å²) in [7, 11) is 1.81. The Morgan fingerprint density at radius 1 is 1.40 bits per heavy atom. The largest absolute Gasteiger partial charge is 0.440 e. The van der Waals surface area contributed by atoms with Gasteiger partial charge in [-0.05, 0) is 31.5 Å². The molecule has 108 valence electrons. The number of ether oxygens (including phenoxy) is 1. The molecule has 0 aliphatic carbocycles. The summed E-state index contributed by atoms with van der Waals surface area (Å²) in [4.78, 5) is 20.0. The maximum atomic E-state index is 11.6. The van der Waals surface area contributed by atoms with Gasteiger partial charge in [0.25, 0.3) is 0 Å². The monoisotopic (exact) mass is 275 g/mol. The SMILES string of the molecule is CN1C[C@@]2(CCCN(CCc3ccccn3)C2)OC1=O. The van der Waals surface area contributed by atoms with E-state index in [4.69, 9.17) is 4.74 Å². The number of piperidine rings is 1. The Morgan fingerprint density at radius 2 is 2.30 bits per heavy atom. The van der Waals surface area contributed by atoms with E-state index in [9.17, 15) is 4.79 Å². The van der Waals surface area contributed by atoms with Crippen molar-refractivity contribution in [2.45, 2.75) is 24.9 Å². The average Bonchev–Trinajstić information content (AvgIpc) is 2.72. The molecule has 2 aliphatic heterocycles. The Hall–Kier alpha value is -1.62. The van der Waals surface area contributed by atoms with Crippen LogP contribution in [-0.2, 0) is 11.2 Å². The van der Waals surface area contributed by atoms with Crippen LogP contribution in [0.3, 0.4) is 0 Å². The Kier molecular flexibility index (Phi) is 3.61. The van der Waals surface area contributed by atoms with E-state index >= 15 is 0 Å². The summed E-state index contributed by atoms with van der Waals surface area (Å²) in [6.45, 7) is 3.61. The molecule has 2 fully saturated rings. The fraction of sp³-hybridized carbons (Fsp3) is 0.600. The molecule has 1 atom stereocenters. The normalized spacial score (nSPS) is 27.1. The summed E-state index contributed by atoms with van der Waals surface area (Å²) >= 11 is 0. The van der Waals surface area contributed by atoms with Crippen LogP contribution >= 0.6 is 0 Å². The molecule has 0 unspecified atom stereocenters. The number of amides is 1. The van der Waals surface area contributed by atoms with E-state index in [0.29, 0.717) is 6.54 Å². The van der Waals surface area contributed by atoms with Crippen LogP contribution < -0.4 is 0 Å². The van der Waals surface area contributed by atoms with Crippen LogP contribution in [0.2, 0.25) is 0 Å². The molecule has 3 heterocycles. The van der Waals surface area contributed by atoms with Crippen LogP contribution in [-0.4, -0.2) is 59.7 Å². The lowest BCUT2D eigenvalue weighted by molar-refractivity contribution is -0.00840. The van der Waals surface area contributed by atoms with Gasteiger partial charge >= 0.3 is 6.09 Å². The number of pyridine rings is 1. The molecule has 0 N–H and O–H groups in total. The molecule has 0 aromatic carbocycles. The number of nitrogens with zero attached hydrogens (tertiary/aromatic N) is 3. The molecule has 1 spiro atoms. The highest BCUT2D eigenvalue weighted by Gasteiger charge is 2.46. The predicted molar refractivity (Wildman–Crippen MR) is 75.5 cm³/mol. The van der Waals surface area contributed by atoms with Gasteiger partial charge in [0.15, 0.2) is 0 Å². The molecule has 2 aliphatic rings. The van der Waals surface area contributed by atoms with Crippen molar-refractivity contribution >= 4 is 6.09 Å². The van der Waals surface area contributed by atoms with Crippen LogP contribution in [0.4, 0.5) is 4.79 Å². The Morgan fingerprint density at radius 3 is 3.00 bits per heavy atom. The molecule has 0 radical (unpaired) electrons. The maximum Gasteiger partial charge on any atom is 0.410 e. The van der Waals surface area contributed by atoms with Crippen molar-refractivity contribution in [3.05, 3.63) is 30.1 Å². The van der Waals surface area contributed by atoms with Gasteiger partial charge in [-0.2, -0.15) is 0 Å². The third-order valence-electron chi connectivity index (χ3n) is 4.17. The molecule has 1 aromatic heterocycles. The van der Waals surface area contributed by atoms with Gasteiger partial charge in [0.1, 0.15) is 5.60 Å². The van der Waals surface area contributed by atoms with Crippen molar-refractivity contribution in [3.63, 3.8) is 0 Å². The van der Waals surface area contributed by atoms with E-state index in [0.717, 1.165) is 44.6 Å². The van der Waals surface area contributed by atoms with E-state index < -0.39 is 0 Å². The minimum Gasteiger partial charge on any atom is -0.440 e. The van der Waals surface area contributed by atoms with Gasteiger partial charge in [-0.1, -0.05) is 6.07 Å². The van der Waals surface area contributed by atoms with Crippen molar-refractivity contribution < 1.29 is 9.53 Å². The quantitative estimate of drug-likeness (QED) is 0.839. The van der Waals surface area contributed by atoms with Crippen LogP contribution in [0, 0.1) is 0 Å². The van der Waals surface area contributed by atoms with Crippen molar-refractivity contribution in [3.8, 4) is 0 Å². The summed E-state index contributed by atoms with van der Waals surface area (Å²) in [5.41, 5.74) is 0.835. The summed E-state index contributed by atoms with van der Waals surface area (Å²) in [5, 5.41) is 0. The number of likely N-dealkylation sites (tertiary alicyclic amines) is 1. The summed E-state index contributed by atoms with van der Waals surface area (Å²) in [6, 6.07) is 6.02. The van der Waals surface area contributed by atoms with E-state index in [1.807, 2.05) is 25.4 Å². The molecule has 3 rings (SSSR count). The van der Waals surface area contributed by atoms with Gasteiger partial charge < -0.3 is 9.64 Å². The highest BCUT2D eigenvalue weighted by molar-refractivity contribution is 5.70. The zero-order valence-corrected chi connectivity index (χ0v) is 11.9. The summed E-state index contributed by atoms with van der Waals surface area (Å²) in [6.07, 6.45) is 4.66. The standard InChI is InChI=1S/C15H21N3O2/c1-17-11-15(20-14(17)19)7-4-9-18(12-15)10-6-13-5-2-3-8-16-13/h2-3,5,8H,4,6-7,9-12H2,1H3/t15-/m1/s1. The molecule has 0 saturated carbocycles. The first-order chi connectivity index (χ1) is 9.67. The highest BCUT2D eigenvalue weighted by Crippen LogP contribution is 2.31. The Labute approximate surface area is 119 Å². The van der Waals surface area contributed by atoms with Crippen LogP contribution in [0.15, 0.2) is 24.4 Å². The van der Waals surface area contributed by atoms with Crippen molar-refractivity contribution in [1.29, 1.82) is 0 Å². The zero-order chi connectivity index (χ0) is 14.0. The molecule has 5 heteroatoms. The zero-order valence-electron chi connectivity index (χ0n) is 11.9. The molecular weight excluding hydrogens is 254 g/mol. The van der Waals surface area contributed by atoms with Gasteiger partial charge in [-0.3, -0.25) is 9.88 Å². The second-order valence-corrected chi connectivity index (χ2v) is 5.86. The van der Waals surface area contributed by atoms with Crippen LogP contribution in [0.1, 0.15) is 18.5 Å². The maximum absolute atomic E-state index is 11.6. The van der Waals surface area contributed by atoms with Crippen molar-refractivity contribution in [2.24, 2.45) is 0 Å². The smallest absolute Gasteiger partial charge is 0.410 e. The first-order valence-electron chi connectivity index (χ1n) is 7.23. The third-order valence-corrected chi connectivity index (χ3v) is 4.17. The number of aromatic nitrogens is 1. The van der Waals surface area contributed by atoms with Crippen molar-refractivity contribution in [2.75, 3.05) is 33.2 Å². The number of likely N-dealkylation sites (N-methyl/N-ethyl adjacent to an activating group) is 1. The lowest BCUT2D eigenvalue weighted by Crippen LogP contribution is -2.50. The number of hydrogen-bond donors (Lipinski definition) is 0. The Balaban J connectivity index is 1.57. The predicted octanol–water partition coefficient (Wildman–Crippen LogP) is 1.54. The first-order valence-corrected chi connectivity index (χ1v) is 7.23. The molecule has 20 heavy (non-hydrogen) atoms. The second kappa shape index (κ2) is 5.40. The molecule has 1 aromatic rings. The lowest BCUT2D eigenvalue weighted by atomic mass is 9.92. The molecule has 0 bridgehead atoms. The van der Waals surface area contributed by atoms with Crippen LogP contribution in [0.5, 0.6) is 0 Å². The highest BCUT2D eigenvalue weighted by atomic mass is 16.6. The van der Waals surface area contributed by atoms with Crippen LogP contribution in [0.25, 0.3) is 0 Å². The van der Waals surface area contributed by atoms with Gasteiger partial charge in [-0.25, -0.2) is 4.79 Å². The molecule has 5 nitrogen and oxygen atoms in total. The first kappa shape index (κ1) is 13.4. The van der Waals surface area contributed by atoms with Gasteiger partial charge in [0.05, 0.1) is 6.54 Å². The average molecular weight is 275 g/mol. The molecule has 2 saturated heterocycles.